The molecule has 190 valence electrons. The largest absolute Gasteiger partial charge is 0.477 e. The Kier molecular flexibility index (Phi) is 7.15. The van der Waals surface area contributed by atoms with Crippen LogP contribution in [0.5, 0.6) is 0 Å². The van der Waals surface area contributed by atoms with Gasteiger partial charge in [-0.3, -0.25) is 9.69 Å². The number of rotatable bonds is 11. The molecule has 0 saturated carbocycles. The number of carboxylic acid groups (broad SMARTS) is 1. The first-order valence-electron chi connectivity index (χ1n) is 10.8. The lowest BCUT2D eigenvalue weighted by Gasteiger charge is -2.49. The first kappa shape index (κ1) is 24.6. The summed E-state index contributed by atoms with van der Waals surface area (Å²) in [6.07, 6.45) is 3.42. The van der Waals surface area contributed by atoms with E-state index in [0.717, 1.165) is 29.4 Å². The maximum absolute atomic E-state index is 13.0. The zero-order chi connectivity index (χ0) is 25.2. The molecule has 3 aromatic rings. The maximum Gasteiger partial charge on any atom is 0.352 e. The number of nitrogens with one attached hydrogen (secondary N) is 2. The molecule has 2 atom stereocenters. The Balaban J connectivity index is 1.16. The molecule has 1 saturated heterocycles. The van der Waals surface area contributed by atoms with Crippen molar-refractivity contribution in [3.05, 3.63) is 23.2 Å². The highest BCUT2D eigenvalue weighted by molar-refractivity contribution is 8.01. The SMILES string of the molecule is Cn1nnnc1SCCCc1cnc(NC2C(=O)N3C(C(=O)O)=C(CSc4nnnn4C)CS[C@H]23)[nH]1. The number of β-lactam (4-membered cyclic amide) rings is 1. The second-order valence-electron chi connectivity index (χ2n) is 7.96. The Morgan fingerprint density at radius 3 is 2.61 bits per heavy atom. The number of aryl methyl sites for hydroxylation is 3. The molecule has 5 heterocycles. The van der Waals surface area contributed by atoms with Crippen molar-refractivity contribution in [3.8, 4) is 0 Å². The van der Waals surface area contributed by atoms with Gasteiger partial charge in [-0.25, -0.2) is 19.1 Å². The Bertz CT molecular complexity index is 1300. The summed E-state index contributed by atoms with van der Waals surface area (Å²) >= 11 is 4.44. The molecule has 2 aliphatic rings. The summed E-state index contributed by atoms with van der Waals surface area (Å²) in [6, 6.07) is -0.556. The van der Waals surface area contributed by atoms with E-state index in [0.29, 0.717) is 28.2 Å². The van der Waals surface area contributed by atoms with Crippen molar-refractivity contribution in [2.45, 2.75) is 34.6 Å². The molecule has 0 radical (unpaired) electrons. The van der Waals surface area contributed by atoms with Crippen molar-refractivity contribution in [2.24, 2.45) is 14.1 Å². The average molecular weight is 551 g/mol. The summed E-state index contributed by atoms with van der Waals surface area (Å²) in [6.45, 7) is 0. The lowest BCUT2D eigenvalue weighted by molar-refractivity contribution is -0.147. The molecule has 1 unspecified atom stereocenters. The van der Waals surface area contributed by atoms with Gasteiger partial charge in [0.05, 0.1) is 6.20 Å². The molecule has 5 rings (SSSR count). The molecule has 1 fully saturated rings. The van der Waals surface area contributed by atoms with Crippen molar-refractivity contribution in [3.63, 3.8) is 0 Å². The highest BCUT2D eigenvalue weighted by Gasteiger charge is 2.53. The van der Waals surface area contributed by atoms with E-state index >= 15 is 0 Å². The molecule has 0 aliphatic carbocycles. The number of carbonyl (C=O) groups excluding carboxylic acids is 1. The van der Waals surface area contributed by atoms with Gasteiger partial charge in [-0.05, 0) is 39.3 Å². The number of imidazole rings is 1. The smallest absolute Gasteiger partial charge is 0.352 e. The van der Waals surface area contributed by atoms with Crippen molar-refractivity contribution >= 4 is 53.1 Å². The van der Waals surface area contributed by atoms with Gasteiger partial charge in [0.15, 0.2) is 0 Å². The van der Waals surface area contributed by atoms with Crippen molar-refractivity contribution in [1.29, 1.82) is 0 Å². The predicted molar refractivity (Wildman–Crippen MR) is 131 cm³/mol. The van der Waals surface area contributed by atoms with Gasteiger partial charge in [0.25, 0.3) is 5.91 Å². The second kappa shape index (κ2) is 10.5. The average Bonchev–Trinajstić information content (AvgIpc) is 3.60. The third kappa shape index (κ3) is 4.92. The van der Waals surface area contributed by atoms with E-state index in [1.165, 1.54) is 33.1 Å². The Labute approximate surface area is 217 Å². The summed E-state index contributed by atoms with van der Waals surface area (Å²) in [5.41, 5.74) is 1.65. The Hall–Kier alpha value is -3.12. The first-order chi connectivity index (χ1) is 17.4. The number of H-pyrrole nitrogens is 1. The quantitative estimate of drug-likeness (QED) is 0.165. The summed E-state index contributed by atoms with van der Waals surface area (Å²) in [7, 11) is 3.52. The number of aromatic nitrogens is 10. The monoisotopic (exact) mass is 550 g/mol. The second-order valence-corrected chi connectivity index (χ2v) is 11.1. The number of carboxylic acids is 1. The van der Waals surface area contributed by atoms with E-state index < -0.39 is 12.0 Å². The molecule has 0 bridgehead atoms. The Morgan fingerprint density at radius 1 is 1.22 bits per heavy atom. The zero-order valence-electron chi connectivity index (χ0n) is 19.2. The van der Waals surface area contributed by atoms with Crippen LogP contribution in [0.15, 0.2) is 27.8 Å². The minimum absolute atomic E-state index is 0.0418. The fourth-order valence-corrected chi connectivity index (χ4v) is 6.89. The van der Waals surface area contributed by atoms with Crippen molar-refractivity contribution in [1.82, 2.24) is 55.3 Å². The number of tetrazole rings is 2. The maximum atomic E-state index is 13.0. The number of hydrogen-bond donors (Lipinski definition) is 3. The lowest BCUT2D eigenvalue weighted by Crippen LogP contribution is -2.67. The van der Waals surface area contributed by atoms with Gasteiger partial charge in [-0.1, -0.05) is 23.5 Å². The topological polar surface area (TPSA) is 186 Å². The predicted octanol–water partition coefficient (Wildman–Crippen LogP) is 0.00820. The molecular formula is C18H22N12O3S3. The number of hydrogen-bond acceptors (Lipinski definition) is 13. The molecule has 0 spiro atoms. The lowest BCUT2D eigenvalue weighted by atomic mass is 10.0. The Morgan fingerprint density at radius 2 is 1.94 bits per heavy atom. The minimum Gasteiger partial charge on any atom is -0.477 e. The number of fused-ring (bicyclic) bond motifs is 1. The van der Waals surface area contributed by atoms with Crippen LogP contribution in [-0.4, -0.2) is 101 Å². The molecule has 3 N–H and O–H groups in total. The zero-order valence-corrected chi connectivity index (χ0v) is 21.7. The first-order valence-corrected chi connectivity index (χ1v) is 13.8. The van der Waals surface area contributed by atoms with Crippen LogP contribution in [0.2, 0.25) is 0 Å². The van der Waals surface area contributed by atoms with Crippen LogP contribution in [0.4, 0.5) is 5.95 Å². The van der Waals surface area contributed by atoms with Gasteiger partial charge in [-0.15, -0.1) is 22.0 Å². The summed E-state index contributed by atoms with van der Waals surface area (Å²) in [5, 5.41) is 36.7. The number of aromatic amines is 1. The number of thioether (sulfide) groups is 3. The van der Waals surface area contributed by atoms with Crippen LogP contribution < -0.4 is 5.32 Å². The van der Waals surface area contributed by atoms with Crippen LogP contribution in [0.1, 0.15) is 12.1 Å². The highest BCUT2D eigenvalue weighted by Crippen LogP contribution is 2.42. The summed E-state index contributed by atoms with van der Waals surface area (Å²) in [5.74, 6) is 0.806. The summed E-state index contributed by atoms with van der Waals surface area (Å²) in [4.78, 5) is 33.9. The number of nitrogens with zero attached hydrogens (tertiary/aromatic N) is 10. The standard InChI is InChI=1S/C18H22N12O3S3/c1-28-17(22-24-26-28)34-5-3-4-10-6-19-16(20-10)21-11-13(31)30-12(15(32)33)9(7-35-14(11)30)8-36-18-23-25-27-29(18)2/h6,11,14H,3-5,7-8H2,1-2H3,(H,32,33)(H2,19,20,21)/t11?,14-/m1/s1. The molecule has 1 amide bonds. The molecule has 18 heteroatoms. The van der Waals surface area contributed by atoms with Crippen molar-refractivity contribution < 1.29 is 14.7 Å². The van der Waals surface area contributed by atoms with E-state index in [2.05, 4.69) is 46.3 Å². The van der Waals surface area contributed by atoms with Crippen molar-refractivity contribution in [2.75, 3.05) is 22.6 Å². The van der Waals surface area contributed by atoms with Gasteiger partial charge in [-0.2, -0.15) is 0 Å². The van der Waals surface area contributed by atoms with Crippen LogP contribution in [-0.2, 0) is 30.1 Å². The van der Waals surface area contributed by atoms with E-state index in [-0.39, 0.29) is 17.0 Å². The molecular weight excluding hydrogens is 528 g/mol. The normalized spacial score (nSPS) is 19.4. The molecule has 0 aromatic carbocycles. The van der Waals surface area contributed by atoms with Crippen LogP contribution in [0, 0.1) is 0 Å². The number of amides is 1. The van der Waals surface area contributed by atoms with Gasteiger partial charge < -0.3 is 15.4 Å². The molecule has 2 aliphatic heterocycles. The van der Waals surface area contributed by atoms with Gasteiger partial charge in [0, 0.05) is 37.0 Å². The fraction of sp³-hybridized carbons (Fsp3) is 0.500. The van der Waals surface area contributed by atoms with Gasteiger partial charge >= 0.3 is 5.97 Å². The number of aliphatic carboxylic acids is 1. The van der Waals surface area contributed by atoms with Gasteiger partial charge in [0.1, 0.15) is 17.1 Å². The van der Waals surface area contributed by atoms with E-state index in [4.69, 9.17) is 0 Å². The van der Waals surface area contributed by atoms with Crippen LogP contribution >= 0.6 is 35.3 Å². The molecule has 36 heavy (non-hydrogen) atoms. The third-order valence-corrected chi connectivity index (χ3v) is 9.06. The van der Waals surface area contributed by atoms with E-state index in [1.807, 2.05) is 0 Å². The minimum atomic E-state index is -1.12. The highest BCUT2D eigenvalue weighted by atomic mass is 32.2. The summed E-state index contributed by atoms with van der Waals surface area (Å²) < 4.78 is 3.15. The molecule has 15 nitrogen and oxygen atoms in total. The third-order valence-electron chi connectivity index (χ3n) is 5.53. The van der Waals surface area contributed by atoms with E-state index in [9.17, 15) is 14.7 Å². The fourth-order valence-electron chi connectivity index (χ4n) is 3.77. The van der Waals surface area contributed by atoms with E-state index in [1.54, 1.807) is 36.7 Å². The van der Waals surface area contributed by atoms with Crippen LogP contribution in [0.3, 0.4) is 0 Å². The number of anilines is 1. The molecule has 3 aromatic heterocycles. The van der Waals surface area contributed by atoms with Crippen LogP contribution in [0.25, 0.3) is 0 Å². The van der Waals surface area contributed by atoms with Gasteiger partial charge in [0.2, 0.25) is 16.3 Å². The number of carbonyl (C=O) groups is 2.